The van der Waals surface area contributed by atoms with Gasteiger partial charge in [0.05, 0.1) is 27.3 Å². The van der Waals surface area contributed by atoms with Crippen LogP contribution in [0.4, 0.5) is 17.1 Å². The van der Waals surface area contributed by atoms with Gasteiger partial charge in [-0.25, -0.2) is 0 Å². The molecule has 130 valence electrons. The van der Waals surface area contributed by atoms with Crippen molar-refractivity contribution in [3.8, 4) is 0 Å². The van der Waals surface area contributed by atoms with Gasteiger partial charge in [0, 0.05) is 22.9 Å². The van der Waals surface area contributed by atoms with Crippen LogP contribution < -0.4 is 5.43 Å². The molecule has 1 heterocycles. The van der Waals surface area contributed by atoms with Crippen LogP contribution >= 0.6 is 11.5 Å². The first-order valence-corrected chi connectivity index (χ1v) is 7.92. The lowest BCUT2D eigenvalue weighted by Crippen LogP contribution is -2.07. The van der Waals surface area contributed by atoms with E-state index in [0.29, 0.717) is 12.1 Å². The van der Waals surface area contributed by atoms with Crippen molar-refractivity contribution >= 4 is 34.3 Å². The van der Waals surface area contributed by atoms with Crippen LogP contribution in [0.2, 0.25) is 0 Å². The molecule has 0 fully saturated rings. The van der Waals surface area contributed by atoms with Crippen LogP contribution in [-0.2, 0) is 0 Å². The van der Waals surface area contributed by atoms with Crippen molar-refractivity contribution in [1.82, 2.24) is 4.37 Å². The molecule has 0 bridgehead atoms. The number of nitro benzene ring substituents is 2. The quantitative estimate of drug-likeness (QED) is 0.344. The summed E-state index contributed by atoms with van der Waals surface area (Å²) < 4.78 is 4.27. The summed E-state index contributed by atoms with van der Waals surface area (Å²) in [5, 5.41) is 26.2. The summed E-state index contributed by atoms with van der Waals surface area (Å²) in [6.07, 6.45) is 2.11. The van der Waals surface area contributed by atoms with Crippen molar-refractivity contribution < 1.29 is 9.85 Å². The number of rotatable bonds is 7. The molecule has 0 radical (unpaired) electrons. The fourth-order valence-corrected chi connectivity index (χ4v) is 2.96. The van der Waals surface area contributed by atoms with Gasteiger partial charge in [0.25, 0.3) is 5.69 Å². The molecule has 9 nitrogen and oxygen atoms in total. The largest absolute Gasteiger partial charge is 0.301 e. The van der Waals surface area contributed by atoms with E-state index in [1.54, 1.807) is 6.08 Å². The highest BCUT2D eigenvalue weighted by atomic mass is 32.1. The van der Waals surface area contributed by atoms with Gasteiger partial charge < -0.3 is 0 Å². The number of non-ortho nitro benzene ring substituents is 1. The Balaban J connectivity index is 2.43. The van der Waals surface area contributed by atoms with Crippen LogP contribution in [0.15, 0.2) is 36.0 Å². The number of hydrazone groups is 1. The van der Waals surface area contributed by atoms with Gasteiger partial charge >= 0.3 is 5.69 Å². The summed E-state index contributed by atoms with van der Waals surface area (Å²) >= 11 is 1.34. The maximum Gasteiger partial charge on any atom is 0.301 e. The highest BCUT2D eigenvalue weighted by Crippen LogP contribution is 2.29. The predicted molar refractivity (Wildman–Crippen MR) is 96.3 cm³/mol. The van der Waals surface area contributed by atoms with Crippen molar-refractivity contribution in [2.75, 3.05) is 5.43 Å². The maximum atomic E-state index is 11.2. The van der Waals surface area contributed by atoms with Gasteiger partial charge in [0.15, 0.2) is 0 Å². The summed E-state index contributed by atoms with van der Waals surface area (Å²) in [6.45, 7) is 7.46. The third-order valence-electron chi connectivity index (χ3n) is 3.36. The van der Waals surface area contributed by atoms with Gasteiger partial charge in [-0.05, 0) is 31.4 Å². The van der Waals surface area contributed by atoms with Crippen LogP contribution in [0, 0.1) is 34.1 Å². The Bertz CT molecular complexity index is 855. The predicted octanol–water partition coefficient (Wildman–Crippen LogP) is 3.97. The standard InChI is InChI=1S/C15H15N5O4S/c1-4-5-13(15-9(2)18-25-10(15)3)17-16-12-7-6-11(19(21)22)8-14(12)20(23)24/h4,6-8,16H,1,5H2,2-3H3/b17-13+. The van der Waals surface area contributed by atoms with E-state index in [2.05, 4.69) is 21.5 Å². The maximum absolute atomic E-state index is 11.2. The summed E-state index contributed by atoms with van der Waals surface area (Å²) in [6, 6.07) is 3.34. The average molecular weight is 361 g/mol. The van der Waals surface area contributed by atoms with Crippen molar-refractivity contribution in [3.63, 3.8) is 0 Å². The number of aromatic nitrogens is 1. The van der Waals surface area contributed by atoms with E-state index in [9.17, 15) is 20.2 Å². The van der Waals surface area contributed by atoms with E-state index in [4.69, 9.17) is 0 Å². The molecular formula is C15H15N5O4S. The van der Waals surface area contributed by atoms with Crippen molar-refractivity contribution in [2.45, 2.75) is 20.3 Å². The molecule has 0 saturated carbocycles. The van der Waals surface area contributed by atoms with E-state index in [0.717, 1.165) is 22.2 Å². The van der Waals surface area contributed by atoms with Crippen molar-refractivity contribution in [2.24, 2.45) is 5.10 Å². The van der Waals surface area contributed by atoms with Crippen LogP contribution in [0.1, 0.15) is 22.6 Å². The molecule has 0 aliphatic carbocycles. The van der Waals surface area contributed by atoms with Crippen LogP contribution in [-0.4, -0.2) is 19.9 Å². The molecule has 0 aliphatic rings. The number of nitro groups is 2. The molecule has 0 amide bonds. The molecule has 2 aromatic rings. The van der Waals surface area contributed by atoms with Crippen molar-refractivity contribution in [3.05, 3.63) is 67.2 Å². The molecule has 1 aromatic carbocycles. The molecule has 0 aliphatic heterocycles. The lowest BCUT2D eigenvalue weighted by molar-refractivity contribution is -0.393. The van der Waals surface area contributed by atoms with Crippen LogP contribution in [0.25, 0.3) is 0 Å². The van der Waals surface area contributed by atoms with E-state index in [1.165, 1.54) is 23.7 Å². The Morgan fingerprint density at radius 3 is 2.60 bits per heavy atom. The third-order valence-corrected chi connectivity index (χ3v) is 4.20. The summed E-state index contributed by atoms with van der Waals surface area (Å²) in [5.74, 6) is 0. The Morgan fingerprint density at radius 2 is 2.08 bits per heavy atom. The fourth-order valence-electron chi connectivity index (χ4n) is 2.24. The Hall–Kier alpha value is -3.14. The van der Waals surface area contributed by atoms with Crippen molar-refractivity contribution in [1.29, 1.82) is 0 Å². The highest BCUT2D eigenvalue weighted by molar-refractivity contribution is 7.06. The lowest BCUT2D eigenvalue weighted by Gasteiger charge is -2.07. The number of aryl methyl sites for hydroxylation is 2. The molecule has 2 rings (SSSR count). The normalized spacial score (nSPS) is 11.2. The van der Waals surface area contributed by atoms with Gasteiger partial charge in [-0.15, -0.1) is 6.58 Å². The van der Waals surface area contributed by atoms with Crippen LogP contribution in [0.5, 0.6) is 0 Å². The molecule has 0 spiro atoms. The minimum absolute atomic E-state index is 0.0654. The van der Waals surface area contributed by atoms with Crippen LogP contribution in [0.3, 0.4) is 0 Å². The van der Waals surface area contributed by atoms with E-state index >= 15 is 0 Å². The number of hydrogen-bond acceptors (Lipinski definition) is 8. The number of allylic oxidation sites excluding steroid dienone is 1. The summed E-state index contributed by atoms with van der Waals surface area (Å²) in [4.78, 5) is 21.5. The summed E-state index contributed by atoms with van der Waals surface area (Å²) in [5.41, 5.74) is 4.23. The number of nitrogens with one attached hydrogen (secondary N) is 1. The van der Waals surface area contributed by atoms with Gasteiger partial charge in [-0.3, -0.25) is 25.7 Å². The minimum Gasteiger partial charge on any atom is -0.271 e. The first-order chi connectivity index (χ1) is 11.8. The van der Waals surface area contributed by atoms with Gasteiger partial charge in [-0.1, -0.05) is 6.08 Å². The molecule has 0 saturated heterocycles. The monoisotopic (exact) mass is 361 g/mol. The van der Waals surface area contributed by atoms with E-state index in [1.807, 2.05) is 13.8 Å². The zero-order valence-electron chi connectivity index (χ0n) is 13.6. The molecular weight excluding hydrogens is 346 g/mol. The second kappa shape index (κ2) is 7.62. The molecule has 1 N–H and O–H groups in total. The molecule has 25 heavy (non-hydrogen) atoms. The minimum atomic E-state index is -0.694. The Labute approximate surface area is 147 Å². The topological polar surface area (TPSA) is 124 Å². The first-order valence-electron chi connectivity index (χ1n) is 7.14. The smallest absolute Gasteiger partial charge is 0.271 e. The number of nitrogens with zero attached hydrogens (tertiary/aromatic N) is 4. The van der Waals surface area contributed by atoms with Gasteiger partial charge in [0.1, 0.15) is 5.69 Å². The lowest BCUT2D eigenvalue weighted by atomic mass is 10.1. The zero-order chi connectivity index (χ0) is 18.6. The Kier molecular flexibility index (Phi) is 5.55. The number of anilines is 1. The van der Waals surface area contributed by atoms with E-state index < -0.39 is 15.5 Å². The SMILES string of the molecule is C=CC/C(=N\Nc1ccc([N+](=O)[O-])cc1[N+](=O)[O-])c1c(C)nsc1C. The summed E-state index contributed by atoms with van der Waals surface area (Å²) in [7, 11) is 0. The fraction of sp³-hybridized carbons (Fsp3) is 0.200. The molecule has 1 aromatic heterocycles. The molecule has 0 atom stereocenters. The third kappa shape index (κ3) is 4.04. The second-order valence-corrected chi connectivity index (χ2v) is 6.06. The average Bonchev–Trinajstić information content (AvgIpc) is 2.90. The number of hydrogen-bond donors (Lipinski definition) is 1. The first kappa shape index (κ1) is 18.2. The molecule has 0 unspecified atom stereocenters. The molecule has 10 heteroatoms. The zero-order valence-corrected chi connectivity index (χ0v) is 14.4. The van der Waals surface area contributed by atoms with Gasteiger partial charge in [0.2, 0.25) is 0 Å². The highest BCUT2D eigenvalue weighted by Gasteiger charge is 2.20. The van der Waals surface area contributed by atoms with E-state index in [-0.39, 0.29) is 11.4 Å². The number of benzene rings is 1. The Morgan fingerprint density at radius 1 is 1.36 bits per heavy atom. The second-order valence-electron chi connectivity index (χ2n) is 5.08. The van der Waals surface area contributed by atoms with Gasteiger partial charge in [-0.2, -0.15) is 9.47 Å².